The molecule has 2 N–H and O–H groups in total. The van der Waals surface area contributed by atoms with Crippen molar-refractivity contribution in [3.8, 4) is 11.3 Å². The molecule has 0 saturated heterocycles. The zero-order valence-electron chi connectivity index (χ0n) is 19.2. The molecule has 4 aromatic rings. The molecule has 0 fully saturated rings. The number of likely N-dealkylation sites (N-methyl/N-ethyl adjacent to an activating group) is 1. The Kier molecular flexibility index (Phi) is 6.44. The maximum absolute atomic E-state index is 13.4. The number of amides is 2. The number of aromatic nitrogens is 4. The molecular formula is C24H26N6O4. The molecule has 3 heterocycles. The molecule has 0 unspecified atom stereocenters. The molecule has 3 aromatic heterocycles. The minimum absolute atomic E-state index is 0.0852. The van der Waals surface area contributed by atoms with Gasteiger partial charge in [0, 0.05) is 50.9 Å². The van der Waals surface area contributed by atoms with Gasteiger partial charge in [-0.2, -0.15) is 5.10 Å². The molecule has 10 heteroatoms. The number of aliphatic hydroxyl groups excluding tert-OH is 2. The van der Waals surface area contributed by atoms with Crippen LogP contribution >= 0.6 is 0 Å². The van der Waals surface area contributed by atoms with Crippen molar-refractivity contribution in [1.82, 2.24) is 24.1 Å². The molecule has 34 heavy (non-hydrogen) atoms. The Morgan fingerprint density at radius 2 is 1.76 bits per heavy atom. The molecule has 0 radical (unpaired) electrons. The minimum Gasteiger partial charge on any atom is -0.394 e. The van der Waals surface area contributed by atoms with Crippen molar-refractivity contribution in [2.24, 2.45) is 7.05 Å². The lowest BCUT2D eigenvalue weighted by molar-refractivity contribution is 0.0542. The van der Waals surface area contributed by atoms with Crippen LogP contribution in [0.5, 0.6) is 0 Å². The van der Waals surface area contributed by atoms with Crippen LogP contribution in [0, 0.1) is 0 Å². The van der Waals surface area contributed by atoms with Crippen LogP contribution in [0.3, 0.4) is 0 Å². The molecule has 0 saturated carbocycles. The van der Waals surface area contributed by atoms with Crippen molar-refractivity contribution in [2.75, 3.05) is 32.2 Å². The van der Waals surface area contributed by atoms with Crippen LogP contribution in [0.15, 0.2) is 61.1 Å². The number of carbonyl (C=O) groups excluding carboxylic acids is 2. The largest absolute Gasteiger partial charge is 0.394 e. The number of aryl methyl sites for hydroxylation is 1. The van der Waals surface area contributed by atoms with Crippen molar-refractivity contribution >= 4 is 23.1 Å². The van der Waals surface area contributed by atoms with Crippen LogP contribution in [-0.2, 0) is 7.05 Å². The van der Waals surface area contributed by atoms with Crippen molar-refractivity contribution in [3.05, 3.63) is 72.3 Å². The molecule has 176 valence electrons. The minimum atomic E-state index is -0.782. The van der Waals surface area contributed by atoms with E-state index in [1.54, 1.807) is 26.2 Å². The van der Waals surface area contributed by atoms with E-state index >= 15 is 0 Å². The summed E-state index contributed by atoms with van der Waals surface area (Å²) in [7, 11) is 4.66. The fourth-order valence-corrected chi connectivity index (χ4v) is 3.71. The van der Waals surface area contributed by atoms with Gasteiger partial charge in [0.2, 0.25) is 0 Å². The highest BCUT2D eigenvalue weighted by Crippen LogP contribution is 2.23. The first kappa shape index (κ1) is 23.1. The number of hydrogen-bond acceptors (Lipinski definition) is 6. The van der Waals surface area contributed by atoms with Gasteiger partial charge in [-0.25, -0.2) is 4.98 Å². The first-order valence-electron chi connectivity index (χ1n) is 10.7. The highest BCUT2D eigenvalue weighted by Gasteiger charge is 2.29. The molecule has 0 spiro atoms. The first-order valence-corrected chi connectivity index (χ1v) is 10.7. The van der Waals surface area contributed by atoms with E-state index < -0.39 is 31.1 Å². The van der Waals surface area contributed by atoms with Gasteiger partial charge in [0.15, 0.2) is 0 Å². The average molecular weight is 463 g/mol. The molecule has 0 atom stereocenters. The molecular weight excluding hydrogens is 436 g/mol. The predicted molar refractivity (Wildman–Crippen MR) is 127 cm³/mol. The van der Waals surface area contributed by atoms with E-state index in [-0.39, 0.29) is 11.3 Å². The number of hydrogen-bond donors (Lipinski definition) is 2. The third-order valence-corrected chi connectivity index (χ3v) is 5.87. The fourth-order valence-electron chi connectivity index (χ4n) is 3.71. The smallest absolute Gasteiger partial charge is 0.277 e. The second-order valence-corrected chi connectivity index (χ2v) is 7.97. The van der Waals surface area contributed by atoms with Gasteiger partial charge in [0.05, 0.1) is 36.7 Å². The number of aliphatic hydroxyl groups is 2. The predicted octanol–water partition coefficient (Wildman–Crippen LogP) is 1.44. The molecule has 1 aromatic carbocycles. The Morgan fingerprint density at radius 1 is 1.06 bits per heavy atom. The van der Waals surface area contributed by atoms with Gasteiger partial charge in [-0.1, -0.05) is 30.3 Å². The number of pyridine rings is 1. The average Bonchev–Trinajstić information content (AvgIpc) is 3.46. The number of imidazole rings is 1. The summed E-state index contributed by atoms with van der Waals surface area (Å²) in [4.78, 5) is 33.7. The van der Waals surface area contributed by atoms with Crippen LogP contribution in [0.25, 0.3) is 16.9 Å². The molecule has 10 nitrogen and oxygen atoms in total. The quantitative estimate of drug-likeness (QED) is 0.429. The summed E-state index contributed by atoms with van der Waals surface area (Å²) in [6.45, 7) is -0.811. The lowest BCUT2D eigenvalue weighted by Crippen LogP contribution is -2.42. The molecule has 0 aliphatic carbocycles. The van der Waals surface area contributed by atoms with E-state index in [1.165, 1.54) is 27.7 Å². The van der Waals surface area contributed by atoms with Crippen LogP contribution in [0.4, 0.5) is 5.69 Å². The van der Waals surface area contributed by atoms with Crippen molar-refractivity contribution < 1.29 is 19.8 Å². The molecule has 0 aliphatic heterocycles. The SMILES string of the molecule is CN(C(=O)c1c(C(=O)N(C)C(CO)CO)cnn1C)c1ccn2cc(-c3ccccc3)nc2c1. The number of anilines is 1. The van der Waals surface area contributed by atoms with Gasteiger partial charge in [-0.15, -0.1) is 0 Å². The van der Waals surface area contributed by atoms with E-state index in [0.29, 0.717) is 11.3 Å². The topological polar surface area (TPSA) is 116 Å². The summed E-state index contributed by atoms with van der Waals surface area (Å²) < 4.78 is 3.22. The highest BCUT2D eigenvalue weighted by atomic mass is 16.3. The van der Waals surface area contributed by atoms with Crippen molar-refractivity contribution in [1.29, 1.82) is 0 Å². The Labute approximate surface area is 196 Å². The van der Waals surface area contributed by atoms with E-state index in [2.05, 4.69) is 10.1 Å². The van der Waals surface area contributed by atoms with Crippen LogP contribution in [0.2, 0.25) is 0 Å². The van der Waals surface area contributed by atoms with Gasteiger partial charge < -0.3 is 24.4 Å². The van der Waals surface area contributed by atoms with E-state index in [9.17, 15) is 19.8 Å². The summed E-state index contributed by atoms with van der Waals surface area (Å²) in [6, 6.07) is 12.6. The number of rotatable bonds is 7. The summed E-state index contributed by atoms with van der Waals surface area (Å²) in [5.41, 5.74) is 3.26. The van der Waals surface area contributed by atoms with Gasteiger partial charge in [0.1, 0.15) is 11.3 Å². The maximum atomic E-state index is 13.4. The van der Waals surface area contributed by atoms with Crippen LogP contribution in [-0.4, -0.2) is 79.4 Å². The Morgan fingerprint density at radius 3 is 2.44 bits per heavy atom. The second kappa shape index (κ2) is 9.46. The Balaban J connectivity index is 1.64. The van der Waals surface area contributed by atoms with Crippen molar-refractivity contribution in [3.63, 3.8) is 0 Å². The third-order valence-electron chi connectivity index (χ3n) is 5.87. The van der Waals surface area contributed by atoms with Crippen LogP contribution < -0.4 is 4.90 Å². The summed E-state index contributed by atoms with van der Waals surface area (Å²) in [5.74, 6) is -0.949. The van der Waals surface area contributed by atoms with Crippen LogP contribution in [0.1, 0.15) is 20.8 Å². The highest BCUT2D eigenvalue weighted by molar-refractivity contribution is 6.12. The lowest BCUT2D eigenvalue weighted by Gasteiger charge is -2.25. The first-order chi connectivity index (χ1) is 16.3. The van der Waals surface area contributed by atoms with Gasteiger partial charge in [-0.05, 0) is 6.07 Å². The monoisotopic (exact) mass is 462 g/mol. The van der Waals surface area contributed by atoms with E-state index in [0.717, 1.165) is 11.3 Å². The summed E-state index contributed by atoms with van der Waals surface area (Å²) in [5, 5.41) is 22.9. The third kappa shape index (κ3) is 4.16. The standard InChI is InChI=1S/C24H26N6O4/c1-27(17-9-10-30-13-20(26-21(30)11-17)16-7-5-4-6-8-16)24(34)22-19(12-25-29(22)3)23(33)28(2)18(14-31)15-32/h4-13,18,31-32H,14-15H2,1-3H3. The number of carbonyl (C=O) groups is 2. The normalized spacial score (nSPS) is 11.2. The molecule has 2 amide bonds. The zero-order valence-corrected chi connectivity index (χ0v) is 19.2. The zero-order chi connectivity index (χ0) is 24.4. The van der Waals surface area contributed by atoms with Gasteiger partial charge in [-0.3, -0.25) is 14.3 Å². The van der Waals surface area contributed by atoms with E-state index in [1.807, 2.05) is 47.1 Å². The number of fused-ring (bicyclic) bond motifs is 1. The van der Waals surface area contributed by atoms with Gasteiger partial charge in [0.25, 0.3) is 11.8 Å². The lowest BCUT2D eigenvalue weighted by atomic mass is 10.1. The Hall–Kier alpha value is -4.02. The molecule has 0 bridgehead atoms. The summed E-state index contributed by atoms with van der Waals surface area (Å²) in [6.07, 6.45) is 5.06. The summed E-state index contributed by atoms with van der Waals surface area (Å²) >= 11 is 0. The Bertz CT molecular complexity index is 1330. The number of nitrogens with zero attached hydrogens (tertiary/aromatic N) is 6. The molecule has 4 rings (SSSR count). The van der Waals surface area contributed by atoms with E-state index in [4.69, 9.17) is 0 Å². The number of benzene rings is 1. The van der Waals surface area contributed by atoms with Crippen molar-refractivity contribution in [2.45, 2.75) is 6.04 Å². The fraction of sp³-hybridized carbons (Fsp3) is 0.250. The maximum Gasteiger partial charge on any atom is 0.277 e. The van der Waals surface area contributed by atoms with Gasteiger partial charge >= 0.3 is 0 Å². The molecule has 0 aliphatic rings. The second-order valence-electron chi connectivity index (χ2n) is 7.97.